The van der Waals surface area contributed by atoms with Gasteiger partial charge in [-0.05, 0) is 44.4 Å². The molecule has 2 atom stereocenters. The standard InChI is InChI=1S/C16H25NO/c1-4-10-17-15-7-5-6-13(15)14-11-12(2)8-9-16(14)18-3/h8-9,11,13,15,17H,4-7,10H2,1-3H3. The van der Waals surface area contributed by atoms with E-state index < -0.39 is 0 Å². The Labute approximate surface area is 111 Å². The summed E-state index contributed by atoms with van der Waals surface area (Å²) in [7, 11) is 1.78. The summed E-state index contributed by atoms with van der Waals surface area (Å²) in [6.07, 6.45) is 5.10. The van der Waals surface area contributed by atoms with Crippen molar-refractivity contribution in [2.45, 2.75) is 51.5 Å². The summed E-state index contributed by atoms with van der Waals surface area (Å²) in [4.78, 5) is 0. The van der Waals surface area contributed by atoms with Crippen LogP contribution in [0.25, 0.3) is 0 Å². The summed E-state index contributed by atoms with van der Waals surface area (Å²) in [5.74, 6) is 1.67. The zero-order chi connectivity index (χ0) is 13.0. The summed E-state index contributed by atoms with van der Waals surface area (Å²) < 4.78 is 5.54. The predicted octanol–water partition coefficient (Wildman–Crippen LogP) is 3.64. The van der Waals surface area contributed by atoms with E-state index in [1.165, 1.54) is 36.8 Å². The Morgan fingerprint density at radius 1 is 1.33 bits per heavy atom. The SMILES string of the molecule is CCCNC1CCCC1c1cc(C)ccc1OC. The van der Waals surface area contributed by atoms with Gasteiger partial charge in [0.15, 0.2) is 0 Å². The summed E-state index contributed by atoms with van der Waals surface area (Å²) >= 11 is 0. The highest BCUT2D eigenvalue weighted by Crippen LogP contribution is 2.39. The lowest BCUT2D eigenvalue weighted by Crippen LogP contribution is -2.32. The molecule has 0 radical (unpaired) electrons. The highest BCUT2D eigenvalue weighted by molar-refractivity contribution is 5.40. The number of hydrogen-bond acceptors (Lipinski definition) is 2. The van der Waals surface area contributed by atoms with E-state index in [0.29, 0.717) is 12.0 Å². The minimum Gasteiger partial charge on any atom is -0.496 e. The Balaban J connectivity index is 2.20. The van der Waals surface area contributed by atoms with Gasteiger partial charge in [0, 0.05) is 12.0 Å². The maximum atomic E-state index is 5.54. The van der Waals surface area contributed by atoms with Gasteiger partial charge < -0.3 is 10.1 Å². The van der Waals surface area contributed by atoms with Crippen molar-refractivity contribution in [3.63, 3.8) is 0 Å². The zero-order valence-electron chi connectivity index (χ0n) is 11.8. The normalized spacial score (nSPS) is 23.3. The van der Waals surface area contributed by atoms with E-state index in [4.69, 9.17) is 4.74 Å². The first-order valence-electron chi connectivity index (χ1n) is 7.14. The molecule has 0 saturated heterocycles. The van der Waals surface area contributed by atoms with Gasteiger partial charge in [-0.15, -0.1) is 0 Å². The van der Waals surface area contributed by atoms with E-state index in [0.717, 1.165) is 12.3 Å². The smallest absolute Gasteiger partial charge is 0.122 e. The van der Waals surface area contributed by atoms with Crippen molar-refractivity contribution in [3.8, 4) is 5.75 Å². The Bertz CT molecular complexity index is 389. The molecule has 2 nitrogen and oxygen atoms in total. The average molecular weight is 247 g/mol. The van der Waals surface area contributed by atoms with Crippen LogP contribution in [0.4, 0.5) is 0 Å². The number of nitrogens with one attached hydrogen (secondary N) is 1. The van der Waals surface area contributed by atoms with Crippen LogP contribution in [0.15, 0.2) is 18.2 Å². The number of rotatable bonds is 5. The van der Waals surface area contributed by atoms with Gasteiger partial charge >= 0.3 is 0 Å². The van der Waals surface area contributed by atoms with Crippen molar-refractivity contribution in [2.75, 3.05) is 13.7 Å². The van der Waals surface area contributed by atoms with Crippen molar-refractivity contribution in [2.24, 2.45) is 0 Å². The molecular formula is C16H25NO. The highest BCUT2D eigenvalue weighted by Gasteiger charge is 2.29. The zero-order valence-corrected chi connectivity index (χ0v) is 11.8. The van der Waals surface area contributed by atoms with E-state index in [1.54, 1.807) is 7.11 Å². The van der Waals surface area contributed by atoms with Gasteiger partial charge in [0.1, 0.15) is 5.75 Å². The van der Waals surface area contributed by atoms with Gasteiger partial charge in [-0.1, -0.05) is 31.0 Å². The molecule has 0 aliphatic heterocycles. The van der Waals surface area contributed by atoms with Crippen LogP contribution in [0.1, 0.15) is 49.7 Å². The number of methoxy groups -OCH3 is 1. The lowest BCUT2D eigenvalue weighted by atomic mass is 9.92. The fourth-order valence-corrected chi connectivity index (χ4v) is 3.05. The molecule has 1 aliphatic carbocycles. The summed E-state index contributed by atoms with van der Waals surface area (Å²) in [5, 5.41) is 3.70. The fourth-order valence-electron chi connectivity index (χ4n) is 3.05. The minimum absolute atomic E-state index is 0.617. The average Bonchev–Trinajstić information content (AvgIpc) is 2.84. The summed E-state index contributed by atoms with van der Waals surface area (Å²) in [6.45, 7) is 5.51. The summed E-state index contributed by atoms with van der Waals surface area (Å²) in [5.41, 5.74) is 2.72. The quantitative estimate of drug-likeness (QED) is 0.857. The molecule has 18 heavy (non-hydrogen) atoms. The fraction of sp³-hybridized carbons (Fsp3) is 0.625. The second-order valence-electron chi connectivity index (χ2n) is 5.34. The van der Waals surface area contributed by atoms with Crippen LogP contribution >= 0.6 is 0 Å². The third-order valence-electron chi connectivity index (χ3n) is 3.96. The van der Waals surface area contributed by atoms with E-state index in [-0.39, 0.29) is 0 Å². The van der Waals surface area contributed by atoms with Gasteiger partial charge in [-0.2, -0.15) is 0 Å². The van der Waals surface area contributed by atoms with Gasteiger partial charge in [0.2, 0.25) is 0 Å². The molecule has 1 aromatic rings. The number of ether oxygens (including phenoxy) is 1. The second kappa shape index (κ2) is 6.24. The third kappa shape index (κ3) is 2.86. The molecule has 0 bridgehead atoms. The molecular weight excluding hydrogens is 222 g/mol. The van der Waals surface area contributed by atoms with Gasteiger partial charge in [-0.25, -0.2) is 0 Å². The van der Waals surface area contributed by atoms with E-state index in [1.807, 2.05) is 0 Å². The molecule has 0 aromatic heterocycles. The van der Waals surface area contributed by atoms with Crippen molar-refractivity contribution in [3.05, 3.63) is 29.3 Å². The Morgan fingerprint density at radius 3 is 2.89 bits per heavy atom. The van der Waals surface area contributed by atoms with Crippen molar-refractivity contribution >= 4 is 0 Å². The van der Waals surface area contributed by atoms with Crippen LogP contribution in [0.2, 0.25) is 0 Å². The second-order valence-corrected chi connectivity index (χ2v) is 5.34. The van der Waals surface area contributed by atoms with Crippen LogP contribution < -0.4 is 10.1 Å². The topological polar surface area (TPSA) is 21.3 Å². The molecule has 1 N–H and O–H groups in total. The highest BCUT2D eigenvalue weighted by atomic mass is 16.5. The van der Waals surface area contributed by atoms with Crippen LogP contribution in [-0.2, 0) is 0 Å². The van der Waals surface area contributed by atoms with Gasteiger partial charge in [-0.3, -0.25) is 0 Å². The van der Waals surface area contributed by atoms with E-state index in [2.05, 4.69) is 37.4 Å². The molecule has 1 aromatic carbocycles. The molecule has 1 fully saturated rings. The number of benzene rings is 1. The van der Waals surface area contributed by atoms with E-state index in [9.17, 15) is 0 Å². The molecule has 2 rings (SSSR count). The molecule has 2 heteroatoms. The molecule has 0 amide bonds. The first-order chi connectivity index (χ1) is 8.76. The molecule has 2 unspecified atom stereocenters. The molecule has 0 spiro atoms. The maximum Gasteiger partial charge on any atom is 0.122 e. The first-order valence-corrected chi connectivity index (χ1v) is 7.14. The monoisotopic (exact) mass is 247 g/mol. The van der Waals surface area contributed by atoms with Crippen LogP contribution in [0.3, 0.4) is 0 Å². The largest absolute Gasteiger partial charge is 0.496 e. The number of aryl methyl sites for hydroxylation is 1. The van der Waals surface area contributed by atoms with Crippen LogP contribution in [0.5, 0.6) is 5.75 Å². The Kier molecular flexibility index (Phi) is 4.65. The van der Waals surface area contributed by atoms with Crippen molar-refractivity contribution in [1.82, 2.24) is 5.32 Å². The number of hydrogen-bond donors (Lipinski definition) is 1. The molecule has 0 heterocycles. The predicted molar refractivity (Wildman–Crippen MR) is 76.4 cm³/mol. The summed E-state index contributed by atoms with van der Waals surface area (Å²) in [6, 6.07) is 7.17. The lowest BCUT2D eigenvalue weighted by molar-refractivity contribution is 0.396. The minimum atomic E-state index is 0.617. The van der Waals surface area contributed by atoms with E-state index >= 15 is 0 Å². The van der Waals surface area contributed by atoms with Crippen molar-refractivity contribution < 1.29 is 4.74 Å². The Hall–Kier alpha value is -1.02. The van der Waals surface area contributed by atoms with Gasteiger partial charge in [0.05, 0.1) is 7.11 Å². The van der Waals surface area contributed by atoms with Crippen LogP contribution in [0, 0.1) is 6.92 Å². The first kappa shape index (κ1) is 13.4. The molecule has 100 valence electrons. The lowest BCUT2D eigenvalue weighted by Gasteiger charge is -2.23. The molecule has 1 saturated carbocycles. The van der Waals surface area contributed by atoms with Gasteiger partial charge in [0.25, 0.3) is 0 Å². The Morgan fingerprint density at radius 2 is 2.17 bits per heavy atom. The third-order valence-corrected chi connectivity index (χ3v) is 3.96. The maximum absolute atomic E-state index is 5.54. The van der Waals surface area contributed by atoms with Crippen LogP contribution in [-0.4, -0.2) is 19.7 Å². The molecule has 1 aliphatic rings. The van der Waals surface area contributed by atoms with Crippen molar-refractivity contribution in [1.29, 1.82) is 0 Å².